The SMILES string of the molecule is CN=C(NCCC(=O)N(C)Cc1ccccc1Br)NCC(OC)C(C)(C)C. The first-order chi connectivity index (χ1) is 12.7. The Morgan fingerprint density at radius 3 is 2.52 bits per heavy atom. The third kappa shape index (κ3) is 8.30. The Morgan fingerprint density at radius 1 is 1.30 bits per heavy atom. The van der Waals surface area contributed by atoms with Gasteiger partial charge >= 0.3 is 0 Å². The Labute approximate surface area is 171 Å². The van der Waals surface area contributed by atoms with Crippen molar-refractivity contribution in [1.82, 2.24) is 15.5 Å². The minimum absolute atomic E-state index is 0.0327. The largest absolute Gasteiger partial charge is 0.379 e. The highest BCUT2D eigenvalue weighted by Gasteiger charge is 2.24. The lowest BCUT2D eigenvalue weighted by Crippen LogP contribution is -2.46. The van der Waals surface area contributed by atoms with Gasteiger partial charge in [0.05, 0.1) is 6.10 Å². The zero-order valence-corrected chi connectivity index (χ0v) is 18.9. The molecule has 0 aliphatic heterocycles. The van der Waals surface area contributed by atoms with Gasteiger partial charge < -0.3 is 20.3 Å². The van der Waals surface area contributed by atoms with Gasteiger partial charge in [-0.2, -0.15) is 0 Å². The molecule has 1 unspecified atom stereocenters. The van der Waals surface area contributed by atoms with Crippen molar-refractivity contribution in [3.8, 4) is 0 Å². The summed E-state index contributed by atoms with van der Waals surface area (Å²) in [6, 6.07) is 7.93. The van der Waals surface area contributed by atoms with Gasteiger partial charge in [0.25, 0.3) is 0 Å². The van der Waals surface area contributed by atoms with Crippen LogP contribution in [-0.4, -0.2) is 57.2 Å². The fourth-order valence-corrected chi connectivity index (χ4v) is 3.01. The van der Waals surface area contributed by atoms with Gasteiger partial charge in [0.15, 0.2) is 5.96 Å². The van der Waals surface area contributed by atoms with Crippen molar-refractivity contribution in [2.75, 3.05) is 34.3 Å². The van der Waals surface area contributed by atoms with Crippen LogP contribution in [0.3, 0.4) is 0 Å². The van der Waals surface area contributed by atoms with Gasteiger partial charge in [0, 0.05) is 51.7 Å². The fraction of sp³-hybridized carbons (Fsp3) is 0.600. The molecule has 1 atom stereocenters. The van der Waals surface area contributed by atoms with Gasteiger partial charge in [0.2, 0.25) is 5.91 Å². The molecule has 0 aliphatic rings. The van der Waals surface area contributed by atoms with Crippen molar-refractivity contribution in [3.05, 3.63) is 34.3 Å². The third-order valence-corrected chi connectivity index (χ3v) is 5.12. The van der Waals surface area contributed by atoms with Crippen LogP contribution in [0, 0.1) is 5.41 Å². The molecule has 27 heavy (non-hydrogen) atoms. The van der Waals surface area contributed by atoms with E-state index in [0.717, 1.165) is 10.0 Å². The van der Waals surface area contributed by atoms with E-state index in [1.54, 1.807) is 19.1 Å². The number of nitrogens with zero attached hydrogens (tertiary/aromatic N) is 2. The number of nitrogens with one attached hydrogen (secondary N) is 2. The predicted molar refractivity (Wildman–Crippen MR) is 115 cm³/mol. The number of rotatable bonds is 8. The Balaban J connectivity index is 2.41. The van der Waals surface area contributed by atoms with Crippen LogP contribution in [0.25, 0.3) is 0 Å². The average molecular weight is 441 g/mol. The first-order valence-electron chi connectivity index (χ1n) is 9.13. The van der Waals surface area contributed by atoms with E-state index in [1.807, 2.05) is 31.3 Å². The summed E-state index contributed by atoms with van der Waals surface area (Å²) in [6.45, 7) is 8.16. The lowest BCUT2D eigenvalue weighted by molar-refractivity contribution is -0.130. The zero-order chi connectivity index (χ0) is 20.4. The van der Waals surface area contributed by atoms with Crippen molar-refractivity contribution >= 4 is 27.8 Å². The van der Waals surface area contributed by atoms with Crippen LogP contribution in [0.1, 0.15) is 32.8 Å². The van der Waals surface area contributed by atoms with Crippen LogP contribution in [-0.2, 0) is 16.1 Å². The van der Waals surface area contributed by atoms with E-state index in [4.69, 9.17) is 4.74 Å². The summed E-state index contributed by atoms with van der Waals surface area (Å²) in [4.78, 5) is 18.3. The molecule has 0 fully saturated rings. The number of carbonyl (C=O) groups is 1. The van der Waals surface area contributed by atoms with E-state index in [1.165, 1.54) is 0 Å². The summed E-state index contributed by atoms with van der Waals surface area (Å²) in [5.74, 6) is 0.751. The molecule has 0 saturated heterocycles. The third-order valence-electron chi connectivity index (χ3n) is 4.35. The van der Waals surface area contributed by atoms with Crippen LogP contribution in [0.15, 0.2) is 33.7 Å². The topological polar surface area (TPSA) is 66.0 Å². The summed E-state index contributed by atoms with van der Waals surface area (Å²) in [6.07, 6.45) is 0.461. The second-order valence-electron chi connectivity index (χ2n) is 7.56. The molecular weight excluding hydrogens is 408 g/mol. The number of guanidine groups is 1. The Hall–Kier alpha value is -1.60. The Morgan fingerprint density at radius 2 is 1.96 bits per heavy atom. The smallest absolute Gasteiger partial charge is 0.224 e. The van der Waals surface area contributed by atoms with Gasteiger partial charge in [-0.25, -0.2) is 0 Å². The van der Waals surface area contributed by atoms with Crippen LogP contribution in [0.5, 0.6) is 0 Å². The minimum atomic E-state index is 0.0327. The van der Waals surface area contributed by atoms with Crippen molar-refractivity contribution in [3.63, 3.8) is 0 Å². The molecule has 1 aromatic carbocycles. The van der Waals surface area contributed by atoms with E-state index in [-0.39, 0.29) is 17.4 Å². The Kier molecular flexibility index (Phi) is 9.80. The maximum atomic E-state index is 12.4. The molecule has 0 saturated carbocycles. The van der Waals surface area contributed by atoms with E-state index in [0.29, 0.717) is 32.0 Å². The normalized spacial score (nSPS) is 13.2. The highest BCUT2D eigenvalue weighted by molar-refractivity contribution is 9.10. The number of carbonyl (C=O) groups excluding carboxylic acids is 1. The molecule has 0 bridgehead atoms. The van der Waals surface area contributed by atoms with E-state index in [2.05, 4.69) is 52.3 Å². The zero-order valence-electron chi connectivity index (χ0n) is 17.3. The lowest BCUT2D eigenvalue weighted by Gasteiger charge is -2.30. The van der Waals surface area contributed by atoms with Crippen molar-refractivity contribution < 1.29 is 9.53 Å². The number of methoxy groups -OCH3 is 1. The minimum Gasteiger partial charge on any atom is -0.379 e. The van der Waals surface area contributed by atoms with Gasteiger partial charge in [-0.3, -0.25) is 9.79 Å². The number of halogens is 1. The quantitative estimate of drug-likeness (QED) is 0.481. The van der Waals surface area contributed by atoms with Crippen molar-refractivity contribution in [2.45, 2.75) is 39.8 Å². The fourth-order valence-electron chi connectivity index (χ4n) is 2.60. The maximum Gasteiger partial charge on any atom is 0.224 e. The molecule has 0 aromatic heterocycles. The van der Waals surface area contributed by atoms with Crippen LogP contribution < -0.4 is 10.6 Å². The number of ether oxygens (including phenoxy) is 1. The molecule has 7 heteroatoms. The van der Waals surface area contributed by atoms with E-state index < -0.39 is 0 Å². The van der Waals surface area contributed by atoms with E-state index >= 15 is 0 Å². The molecule has 0 heterocycles. The van der Waals surface area contributed by atoms with Crippen molar-refractivity contribution in [1.29, 1.82) is 0 Å². The average Bonchev–Trinajstić information content (AvgIpc) is 2.61. The summed E-state index contributed by atoms with van der Waals surface area (Å²) in [5.41, 5.74) is 1.12. The molecule has 1 rings (SSSR count). The molecule has 6 nitrogen and oxygen atoms in total. The van der Waals surface area contributed by atoms with Gasteiger partial charge in [-0.15, -0.1) is 0 Å². The number of hydrogen-bond donors (Lipinski definition) is 2. The number of hydrogen-bond acceptors (Lipinski definition) is 3. The van der Waals surface area contributed by atoms with Gasteiger partial charge in [-0.05, 0) is 17.0 Å². The second-order valence-corrected chi connectivity index (χ2v) is 8.42. The van der Waals surface area contributed by atoms with Crippen LogP contribution >= 0.6 is 15.9 Å². The molecular formula is C20H33BrN4O2. The standard InChI is InChI=1S/C20H33BrN4O2/c1-20(2,3)17(27-6)13-24-19(22-4)23-12-11-18(26)25(5)14-15-9-7-8-10-16(15)21/h7-10,17H,11-14H2,1-6H3,(H2,22,23,24). The molecule has 152 valence electrons. The highest BCUT2D eigenvalue weighted by atomic mass is 79.9. The first kappa shape index (κ1) is 23.4. The number of amides is 1. The van der Waals surface area contributed by atoms with Crippen molar-refractivity contribution in [2.24, 2.45) is 10.4 Å². The molecule has 1 aromatic rings. The summed E-state index contributed by atoms with van der Waals surface area (Å²) in [7, 11) is 5.25. The van der Waals surface area contributed by atoms with Gasteiger partial charge in [0.1, 0.15) is 0 Å². The molecule has 0 radical (unpaired) electrons. The Bertz CT molecular complexity index is 629. The first-order valence-corrected chi connectivity index (χ1v) is 9.93. The molecule has 1 amide bonds. The maximum absolute atomic E-state index is 12.4. The van der Waals surface area contributed by atoms with Crippen LogP contribution in [0.2, 0.25) is 0 Å². The summed E-state index contributed by atoms with van der Waals surface area (Å²) < 4.78 is 6.55. The molecule has 0 spiro atoms. The second kappa shape index (κ2) is 11.3. The van der Waals surface area contributed by atoms with E-state index in [9.17, 15) is 4.79 Å². The lowest BCUT2D eigenvalue weighted by atomic mass is 9.89. The van der Waals surface area contributed by atoms with Crippen LogP contribution in [0.4, 0.5) is 0 Å². The number of aliphatic imine (C=N–C) groups is 1. The summed E-state index contributed by atoms with van der Waals surface area (Å²) in [5, 5.41) is 6.45. The monoisotopic (exact) mass is 440 g/mol. The number of benzene rings is 1. The molecule has 2 N–H and O–H groups in total. The highest BCUT2D eigenvalue weighted by Crippen LogP contribution is 2.21. The predicted octanol–water partition coefficient (Wildman–Crippen LogP) is 3.02. The molecule has 0 aliphatic carbocycles. The summed E-state index contributed by atoms with van der Waals surface area (Å²) >= 11 is 3.52. The van der Waals surface area contributed by atoms with Gasteiger partial charge in [-0.1, -0.05) is 54.9 Å².